The van der Waals surface area contributed by atoms with Gasteiger partial charge in [0.05, 0.1) is 37.6 Å². The van der Waals surface area contributed by atoms with Gasteiger partial charge in [-0.15, -0.1) is 0 Å². The molecule has 47 heavy (non-hydrogen) atoms. The summed E-state index contributed by atoms with van der Waals surface area (Å²) in [7, 11) is 0. The highest BCUT2D eigenvalue weighted by molar-refractivity contribution is 5.82. The average molecular weight is 663 g/mol. The first-order chi connectivity index (χ1) is 21.9. The SMILES string of the molecule is CC(CC(CC1C(C)C2CC(C(O)CC(=O)OC(C)(C)C)C1C2)C(=O)OCCC1CCC(C(C)(C)C)CC1)C(=O)OC1CCOC1=O. The first-order valence-electron chi connectivity index (χ1n) is 18.4. The van der Waals surface area contributed by atoms with E-state index in [2.05, 4.69) is 27.7 Å². The third-order valence-electron chi connectivity index (χ3n) is 11.9. The summed E-state index contributed by atoms with van der Waals surface area (Å²) in [5.74, 6) is -0.474. The highest BCUT2D eigenvalue weighted by Gasteiger charge is 2.53. The predicted octanol–water partition coefficient (Wildman–Crippen LogP) is 6.66. The minimum Gasteiger partial charge on any atom is -0.465 e. The Morgan fingerprint density at radius 1 is 0.979 bits per heavy atom. The minimum absolute atomic E-state index is 0.0376. The van der Waals surface area contributed by atoms with E-state index >= 15 is 0 Å². The first kappa shape index (κ1) is 37.7. The van der Waals surface area contributed by atoms with Crippen LogP contribution in [0.25, 0.3) is 0 Å². The van der Waals surface area contributed by atoms with Crippen molar-refractivity contribution < 1.29 is 43.2 Å². The Hall–Kier alpha value is -2.16. The van der Waals surface area contributed by atoms with Gasteiger partial charge in [0.25, 0.3) is 0 Å². The quantitative estimate of drug-likeness (QED) is 0.170. The molecular formula is C38H62O9. The number of esters is 4. The summed E-state index contributed by atoms with van der Waals surface area (Å²) in [5.41, 5.74) is -0.292. The predicted molar refractivity (Wildman–Crippen MR) is 177 cm³/mol. The molecule has 9 nitrogen and oxygen atoms in total. The summed E-state index contributed by atoms with van der Waals surface area (Å²) in [6, 6.07) is 0. The van der Waals surface area contributed by atoms with E-state index in [0.717, 1.165) is 38.0 Å². The summed E-state index contributed by atoms with van der Waals surface area (Å²) in [6.07, 6.45) is 6.84. The summed E-state index contributed by atoms with van der Waals surface area (Å²) in [6.45, 7) is 17.0. The molecule has 2 bridgehead atoms. The molecule has 0 radical (unpaired) electrons. The van der Waals surface area contributed by atoms with E-state index in [1.54, 1.807) is 6.92 Å². The molecule has 1 saturated heterocycles. The lowest BCUT2D eigenvalue weighted by atomic mass is 9.68. The number of hydrogen-bond acceptors (Lipinski definition) is 9. The van der Waals surface area contributed by atoms with Crippen LogP contribution in [0.4, 0.5) is 0 Å². The molecule has 4 rings (SSSR count). The van der Waals surface area contributed by atoms with Crippen LogP contribution in [0.15, 0.2) is 0 Å². The Morgan fingerprint density at radius 3 is 2.23 bits per heavy atom. The molecule has 1 N–H and O–H groups in total. The second-order valence-corrected chi connectivity index (χ2v) is 17.4. The zero-order valence-corrected chi connectivity index (χ0v) is 30.3. The van der Waals surface area contributed by atoms with Gasteiger partial charge in [-0.3, -0.25) is 14.4 Å². The Kier molecular flexibility index (Phi) is 12.5. The maximum atomic E-state index is 13.8. The third kappa shape index (κ3) is 10.2. The van der Waals surface area contributed by atoms with Crippen LogP contribution in [-0.2, 0) is 38.1 Å². The van der Waals surface area contributed by atoms with Gasteiger partial charge in [-0.05, 0) is 113 Å². The van der Waals surface area contributed by atoms with E-state index in [4.69, 9.17) is 18.9 Å². The van der Waals surface area contributed by atoms with Gasteiger partial charge >= 0.3 is 23.9 Å². The molecule has 0 aromatic rings. The normalized spacial score (nSPS) is 32.7. The summed E-state index contributed by atoms with van der Waals surface area (Å²) >= 11 is 0. The Bertz CT molecular complexity index is 1100. The molecule has 9 unspecified atom stereocenters. The van der Waals surface area contributed by atoms with Crippen molar-refractivity contribution in [3.63, 3.8) is 0 Å². The van der Waals surface area contributed by atoms with E-state index in [-0.39, 0.29) is 43.2 Å². The third-order valence-corrected chi connectivity index (χ3v) is 11.9. The largest absolute Gasteiger partial charge is 0.465 e. The zero-order chi connectivity index (χ0) is 34.7. The van der Waals surface area contributed by atoms with Crippen molar-refractivity contribution in [2.24, 2.45) is 58.7 Å². The van der Waals surface area contributed by atoms with E-state index in [9.17, 15) is 24.3 Å². The van der Waals surface area contributed by atoms with Crippen LogP contribution in [-0.4, -0.2) is 60.0 Å². The van der Waals surface area contributed by atoms with Crippen LogP contribution < -0.4 is 0 Å². The number of rotatable bonds is 13. The highest BCUT2D eigenvalue weighted by Crippen LogP contribution is 2.58. The van der Waals surface area contributed by atoms with E-state index < -0.39 is 47.6 Å². The smallest absolute Gasteiger partial charge is 0.347 e. The monoisotopic (exact) mass is 662 g/mol. The van der Waals surface area contributed by atoms with Gasteiger partial charge in [0.1, 0.15) is 5.60 Å². The fraction of sp³-hybridized carbons (Fsp3) is 0.895. The second-order valence-electron chi connectivity index (χ2n) is 17.4. The number of cyclic esters (lactones) is 1. The van der Waals surface area contributed by atoms with Gasteiger partial charge in [-0.1, -0.05) is 47.5 Å². The van der Waals surface area contributed by atoms with Crippen molar-refractivity contribution in [2.75, 3.05) is 13.2 Å². The van der Waals surface area contributed by atoms with Crippen LogP contribution in [0.5, 0.6) is 0 Å². The molecule has 0 spiro atoms. The lowest BCUT2D eigenvalue weighted by Crippen LogP contribution is -2.38. The number of aliphatic hydroxyl groups excluding tert-OH is 1. The number of fused-ring (bicyclic) bond motifs is 2. The molecule has 268 valence electrons. The Balaban J connectivity index is 1.39. The maximum absolute atomic E-state index is 13.8. The molecule has 3 aliphatic carbocycles. The van der Waals surface area contributed by atoms with Gasteiger partial charge in [0.15, 0.2) is 0 Å². The number of aliphatic hydroxyl groups is 1. The molecule has 3 saturated carbocycles. The van der Waals surface area contributed by atoms with Crippen LogP contribution in [0, 0.1) is 58.7 Å². The summed E-state index contributed by atoms with van der Waals surface area (Å²) in [4.78, 5) is 51.2. The molecule has 0 aromatic carbocycles. The lowest BCUT2D eigenvalue weighted by Gasteiger charge is -2.38. The maximum Gasteiger partial charge on any atom is 0.347 e. The average Bonchev–Trinajstić information content (AvgIpc) is 3.67. The molecule has 0 aromatic heterocycles. The minimum atomic E-state index is -0.887. The summed E-state index contributed by atoms with van der Waals surface area (Å²) in [5, 5.41) is 11.2. The molecule has 9 atom stereocenters. The molecule has 9 heteroatoms. The van der Waals surface area contributed by atoms with Gasteiger partial charge < -0.3 is 24.1 Å². The van der Waals surface area contributed by atoms with Gasteiger partial charge in [0, 0.05) is 6.42 Å². The summed E-state index contributed by atoms with van der Waals surface area (Å²) < 4.78 is 21.9. The molecule has 1 heterocycles. The van der Waals surface area contributed by atoms with Crippen molar-refractivity contribution in [3.8, 4) is 0 Å². The van der Waals surface area contributed by atoms with Crippen LogP contribution in [0.1, 0.15) is 126 Å². The van der Waals surface area contributed by atoms with Crippen molar-refractivity contribution >= 4 is 23.9 Å². The van der Waals surface area contributed by atoms with Crippen molar-refractivity contribution in [2.45, 2.75) is 144 Å². The van der Waals surface area contributed by atoms with E-state index in [0.29, 0.717) is 42.6 Å². The van der Waals surface area contributed by atoms with Crippen molar-refractivity contribution in [1.82, 2.24) is 0 Å². The zero-order valence-electron chi connectivity index (χ0n) is 30.3. The van der Waals surface area contributed by atoms with Gasteiger partial charge in [0.2, 0.25) is 6.10 Å². The fourth-order valence-electron chi connectivity index (χ4n) is 9.09. The molecule has 1 aliphatic heterocycles. The van der Waals surface area contributed by atoms with Crippen LogP contribution in [0.3, 0.4) is 0 Å². The first-order valence-corrected chi connectivity index (χ1v) is 18.4. The fourth-order valence-corrected chi connectivity index (χ4v) is 9.09. The molecule has 0 amide bonds. The number of ether oxygens (including phenoxy) is 4. The number of carbonyl (C=O) groups is 4. The highest BCUT2D eigenvalue weighted by atomic mass is 16.6. The topological polar surface area (TPSA) is 125 Å². The Morgan fingerprint density at radius 2 is 1.66 bits per heavy atom. The Labute approximate surface area is 282 Å². The molecular weight excluding hydrogens is 600 g/mol. The van der Waals surface area contributed by atoms with E-state index in [1.807, 2.05) is 20.8 Å². The lowest BCUT2D eigenvalue weighted by molar-refractivity contribution is -0.164. The van der Waals surface area contributed by atoms with Crippen LogP contribution >= 0.6 is 0 Å². The standard InChI is InChI=1S/C38H62O9/c1-22(34(41)46-32-14-16-45-36(32)43)17-26(35(42)44-15-13-24-9-11-27(12-10-24)37(3,4)5)20-28-23(2)25-18-29(28)30(19-25)31(39)21-33(40)47-38(6,7)8/h22-32,39H,9-21H2,1-8H3. The molecule has 4 fully saturated rings. The second kappa shape index (κ2) is 15.6. The van der Waals surface area contributed by atoms with Crippen molar-refractivity contribution in [1.29, 1.82) is 0 Å². The van der Waals surface area contributed by atoms with E-state index in [1.165, 1.54) is 12.8 Å². The van der Waals surface area contributed by atoms with Crippen LogP contribution in [0.2, 0.25) is 0 Å². The van der Waals surface area contributed by atoms with Crippen molar-refractivity contribution in [3.05, 3.63) is 0 Å². The molecule has 4 aliphatic rings. The number of carbonyl (C=O) groups excluding carboxylic acids is 4. The van der Waals surface area contributed by atoms with Gasteiger partial charge in [-0.25, -0.2) is 4.79 Å². The van der Waals surface area contributed by atoms with Gasteiger partial charge in [-0.2, -0.15) is 0 Å². The number of hydrogen-bond donors (Lipinski definition) is 1.